The molecule has 1 aromatic carbocycles. The molecule has 4 rings (SSSR count). The largest absolute Gasteiger partial charge is 0.457 e. The molecule has 0 unspecified atom stereocenters. The summed E-state index contributed by atoms with van der Waals surface area (Å²) in [6.07, 6.45) is 9.95. The van der Waals surface area contributed by atoms with Crippen LogP contribution in [0.15, 0.2) is 54.9 Å². The van der Waals surface area contributed by atoms with Crippen LogP contribution in [0.1, 0.15) is 38.5 Å². The van der Waals surface area contributed by atoms with E-state index in [4.69, 9.17) is 10.5 Å². The molecule has 126 valence electrons. The maximum absolute atomic E-state index is 5.79. The zero-order chi connectivity index (χ0) is 16.8. The molecule has 24 heavy (non-hydrogen) atoms. The highest BCUT2D eigenvalue weighted by Gasteiger charge is 2.20. The number of ether oxygens (including phenoxy) is 1. The zero-order valence-electron chi connectivity index (χ0n) is 14.0. The molecular formula is C20H25N3O. The lowest BCUT2D eigenvalue weighted by Crippen LogP contribution is -2.18. The molecule has 1 heterocycles. The summed E-state index contributed by atoms with van der Waals surface area (Å²) in [5.74, 6) is 2.83. The number of hydrogen-bond donors (Lipinski definition) is 2. The Hall–Kier alpha value is -2.49. The van der Waals surface area contributed by atoms with Gasteiger partial charge in [-0.2, -0.15) is 0 Å². The summed E-state index contributed by atoms with van der Waals surface area (Å²) >= 11 is 0. The number of nitrogens with zero attached hydrogens (tertiary/aromatic N) is 1. The number of aromatic nitrogens is 1. The van der Waals surface area contributed by atoms with E-state index in [0.717, 1.165) is 28.7 Å². The number of benzene rings is 1. The molecule has 2 aliphatic carbocycles. The van der Waals surface area contributed by atoms with Gasteiger partial charge in [-0.1, -0.05) is 32.3 Å². The normalized spacial score (nSPS) is 15.5. The first kappa shape index (κ1) is 16.4. The van der Waals surface area contributed by atoms with Gasteiger partial charge in [-0.25, -0.2) is 4.98 Å². The van der Waals surface area contributed by atoms with Gasteiger partial charge in [-0.05, 0) is 49.1 Å². The van der Waals surface area contributed by atoms with Gasteiger partial charge < -0.3 is 15.8 Å². The van der Waals surface area contributed by atoms with Crippen LogP contribution in [0.5, 0.6) is 11.5 Å². The number of nitrogens with one attached hydrogen (secondary N) is 1. The summed E-state index contributed by atoms with van der Waals surface area (Å²) in [6, 6.07) is 11.0. The van der Waals surface area contributed by atoms with Gasteiger partial charge in [0.05, 0.1) is 0 Å². The van der Waals surface area contributed by atoms with Gasteiger partial charge in [0.1, 0.15) is 17.3 Å². The molecule has 2 fully saturated rings. The molecule has 0 bridgehead atoms. The fourth-order valence-corrected chi connectivity index (χ4v) is 2.24. The molecule has 4 nitrogen and oxygen atoms in total. The second-order valence-corrected chi connectivity index (χ2v) is 6.39. The van der Waals surface area contributed by atoms with Gasteiger partial charge in [0.25, 0.3) is 0 Å². The molecule has 0 saturated heterocycles. The number of nitrogens with two attached hydrogens (primary N) is 1. The maximum Gasteiger partial charge on any atom is 0.133 e. The summed E-state index contributed by atoms with van der Waals surface area (Å²) < 4.78 is 5.79. The van der Waals surface area contributed by atoms with Gasteiger partial charge >= 0.3 is 0 Å². The van der Waals surface area contributed by atoms with E-state index in [1.807, 2.05) is 36.4 Å². The van der Waals surface area contributed by atoms with Crippen molar-refractivity contribution in [3.05, 3.63) is 54.9 Å². The van der Waals surface area contributed by atoms with E-state index < -0.39 is 0 Å². The van der Waals surface area contributed by atoms with Crippen molar-refractivity contribution in [2.45, 2.75) is 38.5 Å². The Bertz CT molecular complexity index is 673. The second kappa shape index (κ2) is 7.86. The van der Waals surface area contributed by atoms with E-state index in [2.05, 4.69) is 16.9 Å². The van der Waals surface area contributed by atoms with Gasteiger partial charge in [0, 0.05) is 23.6 Å². The van der Waals surface area contributed by atoms with Crippen LogP contribution in [0.3, 0.4) is 0 Å². The standard InChI is InChI=1S/C17H19N3O.C3H6/c1-12(13-3-2-4-13)20-17-11-16(9-10-19-17)21-15-7-5-14(18)6-8-15;1-2-3-1/h5-11,13H,1-4,18H2,(H,19,20);1-3H2. The lowest BCUT2D eigenvalue weighted by molar-refractivity contribution is 0.370. The van der Waals surface area contributed by atoms with Crippen LogP contribution >= 0.6 is 0 Å². The third-order valence-corrected chi connectivity index (χ3v) is 4.09. The SMILES string of the molecule is C1CC1.C=C(Nc1cc(Oc2ccc(N)cc2)ccn1)C1CCC1. The predicted molar refractivity (Wildman–Crippen MR) is 99.1 cm³/mol. The van der Waals surface area contributed by atoms with Crippen LogP contribution in [-0.4, -0.2) is 4.98 Å². The Labute approximate surface area is 143 Å². The van der Waals surface area contributed by atoms with E-state index in [-0.39, 0.29) is 0 Å². The van der Waals surface area contributed by atoms with Crippen molar-refractivity contribution in [1.82, 2.24) is 4.98 Å². The van der Waals surface area contributed by atoms with Crippen molar-refractivity contribution in [3.8, 4) is 11.5 Å². The van der Waals surface area contributed by atoms with Crippen LogP contribution in [0.4, 0.5) is 11.5 Å². The minimum atomic E-state index is 0.577. The molecule has 2 aliphatic rings. The minimum Gasteiger partial charge on any atom is -0.457 e. The van der Waals surface area contributed by atoms with Crippen LogP contribution in [0.2, 0.25) is 0 Å². The van der Waals surface area contributed by atoms with Gasteiger partial charge in [0.15, 0.2) is 0 Å². The Morgan fingerprint density at radius 1 is 1.04 bits per heavy atom. The van der Waals surface area contributed by atoms with Gasteiger partial charge in [-0.15, -0.1) is 0 Å². The number of hydrogen-bond acceptors (Lipinski definition) is 4. The molecule has 1 aromatic heterocycles. The summed E-state index contributed by atoms with van der Waals surface area (Å²) in [6.45, 7) is 4.09. The highest BCUT2D eigenvalue weighted by Crippen LogP contribution is 2.33. The Balaban J connectivity index is 0.000000508. The quantitative estimate of drug-likeness (QED) is 0.728. The molecule has 0 atom stereocenters. The van der Waals surface area contributed by atoms with Crippen molar-refractivity contribution >= 4 is 11.5 Å². The van der Waals surface area contributed by atoms with Crippen LogP contribution < -0.4 is 15.8 Å². The molecule has 2 aromatic rings. The topological polar surface area (TPSA) is 60.2 Å². The highest BCUT2D eigenvalue weighted by atomic mass is 16.5. The van der Waals surface area contributed by atoms with Gasteiger partial charge in [-0.3, -0.25) is 0 Å². The van der Waals surface area contributed by atoms with E-state index in [9.17, 15) is 0 Å². The van der Waals surface area contributed by atoms with Crippen molar-refractivity contribution in [2.75, 3.05) is 11.1 Å². The van der Waals surface area contributed by atoms with E-state index in [1.165, 1.54) is 38.5 Å². The fourth-order valence-electron chi connectivity index (χ4n) is 2.24. The average molecular weight is 323 g/mol. The van der Waals surface area contributed by atoms with Crippen LogP contribution in [-0.2, 0) is 0 Å². The molecular weight excluding hydrogens is 298 g/mol. The molecule has 0 aliphatic heterocycles. The highest BCUT2D eigenvalue weighted by molar-refractivity contribution is 5.48. The molecule has 3 N–H and O–H groups in total. The van der Waals surface area contributed by atoms with Crippen molar-refractivity contribution in [2.24, 2.45) is 5.92 Å². The first-order chi connectivity index (χ1) is 11.7. The summed E-state index contributed by atoms with van der Waals surface area (Å²) in [5.41, 5.74) is 7.42. The van der Waals surface area contributed by atoms with Crippen LogP contribution in [0.25, 0.3) is 0 Å². The van der Waals surface area contributed by atoms with Gasteiger partial charge in [0.2, 0.25) is 0 Å². The average Bonchev–Trinajstić information content (AvgIpc) is 3.37. The second-order valence-electron chi connectivity index (χ2n) is 6.39. The van der Waals surface area contributed by atoms with E-state index in [1.54, 1.807) is 6.20 Å². The third-order valence-electron chi connectivity index (χ3n) is 4.09. The molecule has 4 heteroatoms. The molecule has 0 radical (unpaired) electrons. The number of pyridine rings is 1. The number of allylic oxidation sites excluding steroid dienone is 1. The number of rotatable bonds is 5. The minimum absolute atomic E-state index is 0.577. The monoisotopic (exact) mass is 323 g/mol. The lowest BCUT2D eigenvalue weighted by Gasteiger charge is -2.27. The van der Waals surface area contributed by atoms with Crippen molar-refractivity contribution < 1.29 is 4.74 Å². The Morgan fingerprint density at radius 3 is 2.33 bits per heavy atom. The molecule has 2 saturated carbocycles. The molecule has 0 spiro atoms. The van der Waals surface area contributed by atoms with Crippen LogP contribution in [0, 0.1) is 5.92 Å². The molecule has 0 amide bonds. The van der Waals surface area contributed by atoms with Crippen molar-refractivity contribution in [3.63, 3.8) is 0 Å². The predicted octanol–water partition coefficient (Wildman–Crippen LogP) is 5.35. The first-order valence-corrected chi connectivity index (χ1v) is 8.66. The first-order valence-electron chi connectivity index (χ1n) is 8.66. The Morgan fingerprint density at radius 2 is 1.75 bits per heavy atom. The van der Waals surface area contributed by atoms with Crippen molar-refractivity contribution in [1.29, 1.82) is 0 Å². The summed E-state index contributed by atoms with van der Waals surface area (Å²) in [7, 11) is 0. The fraction of sp³-hybridized carbons (Fsp3) is 0.350. The smallest absolute Gasteiger partial charge is 0.133 e. The third kappa shape index (κ3) is 5.01. The number of anilines is 2. The Kier molecular flexibility index (Phi) is 5.36. The summed E-state index contributed by atoms with van der Waals surface area (Å²) in [5, 5.41) is 3.27. The zero-order valence-corrected chi connectivity index (χ0v) is 14.0. The lowest BCUT2D eigenvalue weighted by atomic mass is 9.83. The van der Waals surface area contributed by atoms with E-state index >= 15 is 0 Å². The number of nitrogen functional groups attached to an aromatic ring is 1. The summed E-state index contributed by atoms with van der Waals surface area (Å²) in [4.78, 5) is 4.30. The van der Waals surface area contributed by atoms with E-state index in [0.29, 0.717) is 5.92 Å². The maximum atomic E-state index is 5.79.